The van der Waals surface area contributed by atoms with Crippen LogP contribution in [-0.4, -0.2) is 34.6 Å². The zero-order valence-corrected chi connectivity index (χ0v) is 9.77. The molecule has 0 aromatic carbocycles. The van der Waals surface area contributed by atoms with Crippen LogP contribution in [0.5, 0.6) is 0 Å². The molecule has 84 valence electrons. The molecule has 6 heteroatoms. The van der Waals surface area contributed by atoms with Gasteiger partial charge in [0.2, 0.25) is 0 Å². The van der Waals surface area contributed by atoms with Crippen LogP contribution in [0.4, 0.5) is 0 Å². The second-order valence-corrected chi connectivity index (χ2v) is 3.84. The van der Waals surface area contributed by atoms with Crippen LogP contribution >= 0.6 is 11.6 Å². The Morgan fingerprint density at radius 2 is 2.31 bits per heavy atom. The number of nitrogens with zero attached hydrogens (tertiary/aromatic N) is 4. The first-order chi connectivity index (χ1) is 7.54. The SMILES string of the molecule is CC(C#N)CN(C)C(=O)c1ccc(Cl)nn1. The van der Waals surface area contributed by atoms with Gasteiger partial charge in [0.1, 0.15) is 0 Å². The molecule has 1 aromatic rings. The Bertz CT molecular complexity index is 412. The van der Waals surface area contributed by atoms with Crippen molar-refractivity contribution in [2.24, 2.45) is 5.92 Å². The largest absolute Gasteiger partial charge is 0.339 e. The number of hydrogen-bond donors (Lipinski definition) is 0. The molecular weight excluding hydrogens is 228 g/mol. The van der Waals surface area contributed by atoms with Crippen molar-refractivity contribution in [3.63, 3.8) is 0 Å². The van der Waals surface area contributed by atoms with Crippen LogP contribution in [0.1, 0.15) is 17.4 Å². The molecule has 5 nitrogen and oxygen atoms in total. The van der Waals surface area contributed by atoms with Crippen molar-refractivity contribution in [1.29, 1.82) is 5.26 Å². The summed E-state index contributed by atoms with van der Waals surface area (Å²) in [6, 6.07) is 5.07. The molecule has 1 aromatic heterocycles. The first kappa shape index (κ1) is 12.4. The van der Waals surface area contributed by atoms with Gasteiger partial charge in [0.25, 0.3) is 5.91 Å². The van der Waals surface area contributed by atoms with Crippen molar-refractivity contribution < 1.29 is 4.79 Å². The average Bonchev–Trinajstić information content (AvgIpc) is 2.28. The summed E-state index contributed by atoms with van der Waals surface area (Å²) in [7, 11) is 1.62. The average molecular weight is 239 g/mol. The fourth-order valence-corrected chi connectivity index (χ4v) is 1.26. The molecule has 1 amide bonds. The Morgan fingerprint density at radius 1 is 1.62 bits per heavy atom. The second-order valence-electron chi connectivity index (χ2n) is 3.46. The Kier molecular flexibility index (Phi) is 4.20. The van der Waals surface area contributed by atoms with Crippen LogP contribution in [0.25, 0.3) is 0 Å². The summed E-state index contributed by atoms with van der Waals surface area (Å²) in [6.45, 7) is 2.11. The number of halogens is 1. The van der Waals surface area contributed by atoms with E-state index in [-0.39, 0.29) is 22.7 Å². The van der Waals surface area contributed by atoms with E-state index in [4.69, 9.17) is 16.9 Å². The molecule has 0 saturated heterocycles. The zero-order valence-electron chi connectivity index (χ0n) is 9.01. The lowest BCUT2D eigenvalue weighted by molar-refractivity contribution is 0.0778. The van der Waals surface area contributed by atoms with Crippen LogP contribution in [0.2, 0.25) is 5.15 Å². The van der Waals surface area contributed by atoms with Crippen LogP contribution in [0.3, 0.4) is 0 Å². The molecule has 1 atom stereocenters. The van der Waals surface area contributed by atoms with E-state index in [0.29, 0.717) is 6.54 Å². The van der Waals surface area contributed by atoms with Crippen LogP contribution < -0.4 is 0 Å². The lowest BCUT2D eigenvalue weighted by Gasteiger charge is -2.17. The third-order valence-electron chi connectivity index (χ3n) is 1.97. The number of nitriles is 1. The minimum atomic E-state index is -0.272. The van der Waals surface area contributed by atoms with Crippen molar-refractivity contribution in [3.8, 4) is 6.07 Å². The number of carbonyl (C=O) groups excluding carboxylic acids is 1. The van der Waals surface area contributed by atoms with E-state index in [9.17, 15) is 4.79 Å². The second kappa shape index (κ2) is 5.42. The van der Waals surface area contributed by atoms with Crippen molar-refractivity contribution in [3.05, 3.63) is 23.0 Å². The third kappa shape index (κ3) is 3.17. The van der Waals surface area contributed by atoms with E-state index in [1.807, 2.05) is 0 Å². The topological polar surface area (TPSA) is 69.9 Å². The van der Waals surface area contributed by atoms with Crippen LogP contribution in [-0.2, 0) is 0 Å². The molecule has 0 spiro atoms. The molecule has 0 aliphatic rings. The van der Waals surface area contributed by atoms with Gasteiger partial charge in [-0.15, -0.1) is 10.2 Å². The Labute approximate surface area is 98.6 Å². The minimum Gasteiger partial charge on any atom is -0.339 e. The summed E-state index contributed by atoms with van der Waals surface area (Å²) in [5.74, 6) is -0.486. The van der Waals surface area contributed by atoms with Gasteiger partial charge in [0.15, 0.2) is 10.8 Å². The van der Waals surface area contributed by atoms with Crippen molar-refractivity contribution in [1.82, 2.24) is 15.1 Å². The number of amides is 1. The molecule has 0 aliphatic heterocycles. The number of hydrogen-bond acceptors (Lipinski definition) is 4. The van der Waals surface area contributed by atoms with Gasteiger partial charge < -0.3 is 4.90 Å². The summed E-state index contributed by atoms with van der Waals surface area (Å²) >= 11 is 5.56. The highest BCUT2D eigenvalue weighted by Crippen LogP contribution is 2.05. The fraction of sp³-hybridized carbons (Fsp3) is 0.400. The molecule has 1 heterocycles. The standard InChI is InChI=1S/C10H11ClN4O/c1-7(5-12)6-15(2)10(16)8-3-4-9(11)14-13-8/h3-4,7H,6H2,1-2H3. The highest BCUT2D eigenvalue weighted by molar-refractivity contribution is 6.29. The highest BCUT2D eigenvalue weighted by Gasteiger charge is 2.15. The van der Waals surface area contributed by atoms with E-state index in [1.165, 1.54) is 17.0 Å². The molecule has 1 rings (SSSR count). The molecule has 1 unspecified atom stereocenters. The van der Waals surface area contributed by atoms with Gasteiger partial charge >= 0.3 is 0 Å². The zero-order chi connectivity index (χ0) is 12.1. The predicted octanol–water partition coefficient (Wildman–Crippen LogP) is 1.36. The lowest BCUT2D eigenvalue weighted by atomic mass is 10.2. The van der Waals surface area contributed by atoms with Gasteiger partial charge in [-0.05, 0) is 19.1 Å². The van der Waals surface area contributed by atoms with Crippen molar-refractivity contribution in [2.45, 2.75) is 6.92 Å². The summed E-state index contributed by atoms with van der Waals surface area (Å²) in [6.07, 6.45) is 0. The molecule has 0 saturated carbocycles. The van der Waals surface area contributed by atoms with Gasteiger partial charge in [-0.25, -0.2) is 0 Å². The Morgan fingerprint density at radius 3 is 2.81 bits per heavy atom. The molecule has 16 heavy (non-hydrogen) atoms. The molecule has 0 bridgehead atoms. The molecule has 0 aliphatic carbocycles. The maximum absolute atomic E-state index is 11.8. The smallest absolute Gasteiger partial charge is 0.274 e. The first-order valence-electron chi connectivity index (χ1n) is 4.69. The maximum atomic E-state index is 11.8. The monoisotopic (exact) mass is 238 g/mol. The van der Waals surface area contributed by atoms with Crippen LogP contribution in [0, 0.1) is 17.2 Å². The van der Waals surface area contributed by atoms with Crippen molar-refractivity contribution in [2.75, 3.05) is 13.6 Å². The van der Waals surface area contributed by atoms with Gasteiger partial charge in [-0.1, -0.05) is 11.6 Å². The van der Waals surface area contributed by atoms with E-state index in [0.717, 1.165) is 0 Å². The molecular formula is C10H11ClN4O. The summed E-state index contributed by atoms with van der Waals surface area (Å²) < 4.78 is 0. The number of aromatic nitrogens is 2. The van der Waals surface area contributed by atoms with Gasteiger partial charge in [0.05, 0.1) is 12.0 Å². The van der Waals surface area contributed by atoms with E-state index >= 15 is 0 Å². The Balaban J connectivity index is 2.71. The molecule has 0 radical (unpaired) electrons. The van der Waals surface area contributed by atoms with Gasteiger partial charge in [-0.2, -0.15) is 5.26 Å². The summed E-state index contributed by atoms with van der Waals surface area (Å²) in [5.41, 5.74) is 0.219. The van der Waals surface area contributed by atoms with Crippen LogP contribution in [0.15, 0.2) is 12.1 Å². The molecule has 0 N–H and O–H groups in total. The van der Waals surface area contributed by atoms with Crippen molar-refractivity contribution >= 4 is 17.5 Å². The predicted molar refractivity (Wildman–Crippen MR) is 58.8 cm³/mol. The number of carbonyl (C=O) groups is 1. The molecule has 0 fully saturated rings. The fourth-order valence-electron chi connectivity index (χ4n) is 1.16. The number of rotatable bonds is 3. The normalized spacial score (nSPS) is 11.6. The Hall–Kier alpha value is -1.67. The maximum Gasteiger partial charge on any atom is 0.274 e. The lowest BCUT2D eigenvalue weighted by Crippen LogP contribution is -2.31. The van der Waals surface area contributed by atoms with Gasteiger partial charge in [-0.3, -0.25) is 4.79 Å². The van der Waals surface area contributed by atoms with E-state index < -0.39 is 0 Å². The first-order valence-corrected chi connectivity index (χ1v) is 5.06. The highest BCUT2D eigenvalue weighted by atomic mass is 35.5. The van der Waals surface area contributed by atoms with Gasteiger partial charge in [0, 0.05) is 13.6 Å². The quantitative estimate of drug-likeness (QED) is 0.797. The summed E-state index contributed by atoms with van der Waals surface area (Å²) in [5, 5.41) is 16.1. The van der Waals surface area contributed by atoms with E-state index in [2.05, 4.69) is 16.3 Å². The summed E-state index contributed by atoms with van der Waals surface area (Å²) in [4.78, 5) is 13.2. The minimum absolute atomic E-state index is 0.214. The van der Waals surface area contributed by atoms with E-state index in [1.54, 1.807) is 14.0 Å². The third-order valence-corrected chi connectivity index (χ3v) is 2.17.